The maximum Gasteiger partial charge on any atom is 0.228 e. The third kappa shape index (κ3) is 9.62. The Hall–Kier alpha value is -3.87. The molecule has 0 unspecified atom stereocenters. The van der Waals surface area contributed by atoms with Crippen molar-refractivity contribution in [3.63, 3.8) is 0 Å². The maximum atomic E-state index is 11.6. The lowest BCUT2D eigenvalue weighted by Gasteiger charge is -2.10. The van der Waals surface area contributed by atoms with Gasteiger partial charge in [-0.2, -0.15) is 9.97 Å². The summed E-state index contributed by atoms with van der Waals surface area (Å²) in [7, 11) is 3.25. The average Bonchev–Trinajstić information content (AvgIpc) is 3.03. The molecule has 10 nitrogen and oxygen atoms in total. The third-order valence-electron chi connectivity index (χ3n) is 5.52. The minimum atomic E-state index is -0.146. The fourth-order valence-electron chi connectivity index (χ4n) is 3.26. The molecule has 216 valence electrons. The number of nitrogens with zero attached hydrogens (tertiary/aromatic N) is 4. The van der Waals surface area contributed by atoms with Gasteiger partial charge in [0.25, 0.3) is 0 Å². The molecular formula is C29H32N4O6S2. The first kappa shape index (κ1) is 31.7. The fourth-order valence-corrected chi connectivity index (χ4v) is 3.92. The predicted octanol–water partition coefficient (Wildman–Crippen LogP) is 5.27. The van der Waals surface area contributed by atoms with Crippen molar-refractivity contribution in [3.8, 4) is 23.3 Å². The van der Waals surface area contributed by atoms with Crippen LogP contribution in [0.25, 0.3) is 0 Å². The van der Waals surface area contributed by atoms with Crippen LogP contribution in [0.3, 0.4) is 0 Å². The normalized spacial score (nSPS) is 10.3. The summed E-state index contributed by atoms with van der Waals surface area (Å²) in [6.45, 7) is 2.03. The van der Waals surface area contributed by atoms with E-state index in [1.807, 2.05) is 61.0 Å². The molecule has 2 aromatic carbocycles. The molecule has 1 N–H and O–H groups in total. The molecule has 0 aliphatic rings. The number of benzene rings is 2. The van der Waals surface area contributed by atoms with Gasteiger partial charge in [0.05, 0.1) is 32.0 Å². The van der Waals surface area contributed by atoms with Crippen molar-refractivity contribution in [3.05, 3.63) is 83.2 Å². The lowest BCUT2D eigenvalue weighted by Crippen LogP contribution is -2.05. The van der Waals surface area contributed by atoms with E-state index in [0.717, 1.165) is 22.6 Å². The molecule has 0 aliphatic carbocycles. The number of ether oxygens (including phenoxy) is 4. The highest BCUT2D eigenvalue weighted by Gasteiger charge is 2.13. The molecule has 0 fully saturated rings. The highest BCUT2D eigenvalue weighted by molar-refractivity contribution is 7.98. The predicted molar refractivity (Wildman–Crippen MR) is 158 cm³/mol. The number of methoxy groups -OCH3 is 2. The molecule has 2 heterocycles. The van der Waals surface area contributed by atoms with Gasteiger partial charge in [0, 0.05) is 12.4 Å². The molecule has 0 spiro atoms. The Morgan fingerprint density at radius 2 is 1.22 bits per heavy atom. The van der Waals surface area contributed by atoms with Crippen molar-refractivity contribution in [1.29, 1.82) is 0 Å². The molecule has 0 bridgehead atoms. The number of aliphatic hydroxyl groups excluding tert-OH is 1. The summed E-state index contributed by atoms with van der Waals surface area (Å²) >= 11 is 2.83. The Morgan fingerprint density at radius 3 is 1.66 bits per heavy atom. The Kier molecular flexibility index (Phi) is 12.7. The SMILES string of the molecule is COc1ccc(COc2nc(SC)ncc2C(C)=O)cc1.COc1ccc(COc2nc(SC)ncc2CO)cc1. The van der Waals surface area contributed by atoms with Gasteiger partial charge in [-0.15, -0.1) is 0 Å². The number of carbonyl (C=O) groups is 1. The van der Waals surface area contributed by atoms with Crippen LogP contribution in [0.2, 0.25) is 0 Å². The monoisotopic (exact) mass is 596 g/mol. The highest BCUT2D eigenvalue weighted by Crippen LogP contribution is 2.22. The summed E-state index contributed by atoms with van der Waals surface area (Å²) in [6, 6.07) is 15.1. The van der Waals surface area contributed by atoms with Gasteiger partial charge in [-0.05, 0) is 54.8 Å². The number of rotatable bonds is 12. The largest absolute Gasteiger partial charge is 0.497 e. The number of hydrogen-bond acceptors (Lipinski definition) is 12. The first-order chi connectivity index (χ1) is 19.9. The van der Waals surface area contributed by atoms with Gasteiger partial charge in [0.15, 0.2) is 16.1 Å². The van der Waals surface area contributed by atoms with Crippen LogP contribution in [0.5, 0.6) is 23.3 Å². The molecule has 0 radical (unpaired) electrons. The minimum absolute atomic E-state index is 0.118. The second-order valence-corrected chi connectivity index (χ2v) is 9.80. The molecule has 41 heavy (non-hydrogen) atoms. The lowest BCUT2D eigenvalue weighted by atomic mass is 10.2. The molecule has 12 heteroatoms. The van der Waals surface area contributed by atoms with E-state index >= 15 is 0 Å². The standard InChI is InChI=1S/C15H16N2O3S.C14H16N2O3S/c1-10(18)13-8-16-15(21-3)17-14(13)20-9-11-4-6-12(19-2)7-5-11;1-18-12-5-3-10(4-6-12)9-19-13-11(8-17)7-15-14(16-13)20-2/h4-8H,9H2,1-3H3;3-7,17H,8-9H2,1-2H3. The molecular weight excluding hydrogens is 564 g/mol. The van der Waals surface area contributed by atoms with Gasteiger partial charge in [-0.3, -0.25) is 4.79 Å². The quantitative estimate of drug-likeness (QED) is 0.130. The molecule has 0 amide bonds. The van der Waals surface area contributed by atoms with Gasteiger partial charge < -0.3 is 24.1 Å². The molecule has 0 atom stereocenters. The number of Topliss-reactive ketones (excluding diaryl/α,β-unsaturated/α-hetero) is 1. The molecule has 0 saturated heterocycles. The molecule has 0 saturated carbocycles. The van der Waals surface area contributed by atoms with Gasteiger partial charge in [0.2, 0.25) is 11.8 Å². The molecule has 0 aliphatic heterocycles. The van der Waals surface area contributed by atoms with Crippen LogP contribution in [-0.2, 0) is 19.8 Å². The van der Waals surface area contributed by atoms with Gasteiger partial charge in [0.1, 0.15) is 24.7 Å². The van der Waals surface area contributed by atoms with E-state index < -0.39 is 0 Å². The van der Waals surface area contributed by atoms with Crippen LogP contribution in [-0.4, -0.2) is 57.6 Å². The Morgan fingerprint density at radius 1 is 0.756 bits per heavy atom. The van der Waals surface area contributed by atoms with Crippen molar-refractivity contribution in [1.82, 2.24) is 19.9 Å². The van der Waals surface area contributed by atoms with Crippen molar-refractivity contribution in [2.45, 2.75) is 37.1 Å². The van der Waals surface area contributed by atoms with Crippen LogP contribution in [0.1, 0.15) is 34.0 Å². The molecule has 2 aromatic heterocycles. The first-order valence-corrected chi connectivity index (χ1v) is 14.8. The molecule has 4 rings (SSSR count). The zero-order valence-corrected chi connectivity index (χ0v) is 25.1. The zero-order valence-electron chi connectivity index (χ0n) is 23.5. The van der Waals surface area contributed by atoms with E-state index in [-0.39, 0.29) is 12.4 Å². The van der Waals surface area contributed by atoms with Gasteiger partial charge in [-0.1, -0.05) is 47.8 Å². The van der Waals surface area contributed by atoms with E-state index in [9.17, 15) is 9.90 Å². The number of hydrogen-bond donors (Lipinski definition) is 1. The van der Waals surface area contributed by atoms with Crippen LogP contribution in [0.15, 0.2) is 71.2 Å². The number of aromatic nitrogens is 4. The number of thioether (sulfide) groups is 2. The topological polar surface area (TPSA) is 126 Å². The average molecular weight is 597 g/mol. The van der Waals surface area contributed by atoms with Crippen LogP contribution in [0, 0.1) is 0 Å². The first-order valence-electron chi connectivity index (χ1n) is 12.3. The minimum Gasteiger partial charge on any atom is -0.497 e. The Labute approximate surface area is 247 Å². The van der Waals surface area contributed by atoms with E-state index in [1.165, 1.54) is 36.6 Å². The summed E-state index contributed by atoms with van der Waals surface area (Å²) in [5.41, 5.74) is 2.94. The van der Waals surface area contributed by atoms with Gasteiger partial charge in [-0.25, -0.2) is 9.97 Å². The Balaban J connectivity index is 0.000000226. The summed E-state index contributed by atoms with van der Waals surface area (Å²) < 4.78 is 21.5. The third-order valence-corrected chi connectivity index (χ3v) is 6.64. The number of carbonyl (C=O) groups excluding carboxylic acids is 1. The van der Waals surface area contributed by atoms with Crippen LogP contribution >= 0.6 is 23.5 Å². The van der Waals surface area contributed by atoms with E-state index in [2.05, 4.69) is 19.9 Å². The smallest absolute Gasteiger partial charge is 0.228 e. The second kappa shape index (κ2) is 16.4. The highest BCUT2D eigenvalue weighted by atomic mass is 32.2. The van der Waals surface area contributed by atoms with Crippen molar-refractivity contribution in [2.75, 3.05) is 26.7 Å². The summed E-state index contributed by atoms with van der Waals surface area (Å²) in [5.74, 6) is 2.21. The summed E-state index contributed by atoms with van der Waals surface area (Å²) in [4.78, 5) is 28.3. The zero-order chi connectivity index (χ0) is 29.6. The lowest BCUT2D eigenvalue weighted by molar-refractivity contribution is 0.101. The van der Waals surface area contributed by atoms with Crippen molar-refractivity contribution in [2.24, 2.45) is 0 Å². The Bertz CT molecular complexity index is 1410. The fraction of sp³-hybridized carbons (Fsp3) is 0.276. The van der Waals surface area contributed by atoms with Crippen molar-refractivity contribution < 1.29 is 28.8 Å². The summed E-state index contributed by atoms with van der Waals surface area (Å²) in [6.07, 6.45) is 6.85. The maximum absolute atomic E-state index is 11.6. The number of aliphatic hydroxyl groups is 1. The summed E-state index contributed by atoms with van der Waals surface area (Å²) in [5, 5.41) is 10.5. The second-order valence-electron chi connectivity index (χ2n) is 8.25. The van der Waals surface area contributed by atoms with Crippen LogP contribution < -0.4 is 18.9 Å². The van der Waals surface area contributed by atoms with E-state index in [0.29, 0.717) is 46.4 Å². The number of ketones is 1. The van der Waals surface area contributed by atoms with Gasteiger partial charge >= 0.3 is 0 Å². The van der Waals surface area contributed by atoms with Crippen molar-refractivity contribution >= 4 is 29.3 Å². The molecule has 4 aromatic rings. The van der Waals surface area contributed by atoms with E-state index in [1.54, 1.807) is 20.4 Å². The van der Waals surface area contributed by atoms with E-state index in [4.69, 9.17) is 18.9 Å². The van der Waals surface area contributed by atoms with Crippen LogP contribution in [0.4, 0.5) is 0 Å².